The Labute approximate surface area is 186 Å². The van der Waals surface area contributed by atoms with Crippen LogP contribution < -0.4 is 0 Å². The summed E-state index contributed by atoms with van der Waals surface area (Å²) in [6.45, 7) is 9.04. The summed E-state index contributed by atoms with van der Waals surface area (Å²) in [4.78, 5) is 13.1. The van der Waals surface area contributed by atoms with Crippen LogP contribution in [0.1, 0.15) is 83.0 Å². The van der Waals surface area contributed by atoms with Crippen molar-refractivity contribution in [1.82, 2.24) is 0 Å². The normalized spacial score (nSPS) is 47.9. The maximum Gasteiger partial charge on any atom is 0.338 e. The van der Waals surface area contributed by atoms with Crippen molar-refractivity contribution in [3.63, 3.8) is 0 Å². The molecular weight excluding hydrogens is 388 g/mol. The highest BCUT2D eigenvalue weighted by Gasteiger charge is 2.72. The number of carbonyl (C=O) groups is 1. The van der Waals surface area contributed by atoms with Crippen LogP contribution in [-0.4, -0.2) is 34.5 Å². The molecule has 4 nitrogen and oxygen atoms in total. The summed E-state index contributed by atoms with van der Waals surface area (Å²) < 4.78 is 6.28. The summed E-state index contributed by atoms with van der Waals surface area (Å²) in [5.41, 5.74) is 0.397. The smallest absolute Gasteiger partial charge is 0.338 e. The van der Waals surface area contributed by atoms with Crippen LogP contribution in [0.3, 0.4) is 0 Å². The zero-order chi connectivity index (χ0) is 22.2. The minimum Gasteiger partial charge on any atom is -0.458 e. The summed E-state index contributed by atoms with van der Waals surface area (Å²) in [5, 5.41) is 22.0. The Kier molecular flexibility index (Phi) is 4.71. The number of esters is 1. The van der Waals surface area contributed by atoms with Crippen molar-refractivity contribution in [3.05, 3.63) is 35.9 Å². The molecule has 4 fully saturated rings. The minimum absolute atomic E-state index is 0.00216. The van der Waals surface area contributed by atoms with E-state index in [-0.39, 0.29) is 45.8 Å². The van der Waals surface area contributed by atoms with Crippen molar-refractivity contribution < 1.29 is 19.7 Å². The Morgan fingerprint density at radius 2 is 1.68 bits per heavy atom. The fraction of sp³-hybridized carbons (Fsp3) is 0.741. The summed E-state index contributed by atoms with van der Waals surface area (Å²) >= 11 is 0. The van der Waals surface area contributed by atoms with Gasteiger partial charge in [-0.05, 0) is 84.7 Å². The van der Waals surface area contributed by atoms with Crippen LogP contribution in [0.25, 0.3) is 0 Å². The molecule has 1 aromatic carbocycles. The van der Waals surface area contributed by atoms with Crippen LogP contribution in [0.2, 0.25) is 0 Å². The van der Waals surface area contributed by atoms with Crippen LogP contribution in [0.4, 0.5) is 0 Å². The quantitative estimate of drug-likeness (QED) is 0.655. The molecule has 2 bridgehead atoms. The molecule has 4 heteroatoms. The number of ether oxygens (including phenoxy) is 1. The molecule has 2 N–H and O–H groups in total. The predicted molar refractivity (Wildman–Crippen MR) is 119 cm³/mol. The predicted octanol–water partition coefficient (Wildman–Crippen LogP) is 4.98. The summed E-state index contributed by atoms with van der Waals surface area (Å²) in [6, 6.07) is 9.24. The lowest BCUT2D eigenvalue weighted by molar-refractivity contribution is -0.247. The molecule has 0 radical (unpaired) electrons. The van der Waals surface area contributed by atoms with Crippen molar-refractivity contribution in [2.75, 3.05) is 0 Å². The summed E-state index contributed by atoms with van der Waals surface area (Å²) in [6.07, 6.45) is 5.73. The van der Waals surface area contributed by atoms with E-state index in [0.29, 0.717) is 11.5 Å². The van der Waals surface area contributed by atoms with E-state index in [0.717, 1.165) is 44.9 Å². The van der Waals surface area contributed by atoms with Crippen LogP contribution in [0.5, 0.6) is 0 Å². The van der Waals surface area contributed by atoms with Crippen molar-refractivity contribution in [2.45, 2.75) is 91.0 Å². The van der Waals surface area contributed by atoms with Crippen molar-refractivity contribution in [3.8, 4) is 0 Å². The first kappa shape index (κ1) is 21.5. The number of fused-ring (bicyclic) bond motifs is 2. The van der Waals surface area contributed by atoms with Gasteiger partial charge in [0, 0.05) is 5.92 Å². The molecule has 1 spiro atoms. The van der Waals surface area contributed by atoms with Gasteiger partial charge in [0.1, 0.15) is 6.10 Å². The van der Waals surface area contributed by atoms with E-state index in [9.17, 15) is 15.0 Å². The average molecular weight is 427 g/mol. The lowest BCUT2D eigenvalue weighted by atomic mass is 9.37. The highest BCUT2D eigenvalue weighted by Crippen LogP contribution is 2.76. The third-order valence-corrected chi connectivity index (χ3v) is 10.5. The van der Waals surface area contributed by atoms with Crippen LogP contribution in [-0.2, 0) is 4.74 Å². The molecule has 31 heavy (non-hydrogen) atoms. The van der Waals surface area contributed by atoms with Gasteiger partial charge in [0.05, 0.1) is 17.8 Å². The van der Waals surface area contributed by atoms with E-state index in [1.807, 2.05) is 18.2 Å². The number of carbonyl (C=O) groups excluding carboxylic acids is 1. The Hall–Kier alpha value is -1.39. The van der Waals surface area contributed by atoms with Crippen molar-refractivity contribution in [2.24, 2.45) is 33.5 Å². The zero-order valence-corrected chi connectivity index (χ0v) is 19.4. The monoisotopic (exact) mass is 426 g/mol. The molecule has 1 aromatic rings. The largest absolute Gasteiger partial charge is 0.458 e. The van der Waals surface area contributed by atoms with Gasteiger partial charge in [0.15, 0.2) is 0 Å². The molecule has 0 unspecified atom stereocenters. The molecule has 8 atom stereocenters. The van der Waals surface area contributed by atoms with Gasteiger partial charge in [0.2, 0.25) is 0 Å². The highest BCUT2D eigenvalue weighted by atomic mass is 16.5. The van der Waals surface area contributed by atoms with E-state index in [1.165, 1.54) is 0 Å². The SMILES string of the molecule is CC1(C)[C@@H](O)CC[C@@]2(C)[C@H]1[C@H](OC(=O)c1ccccc1)C[C@H]1C[C@H](O)[C@]3(C)CC[C@]12C3. The van der Waals surface area contributed by atoms with Gasteiger partial charge in [0.25, 0.3) is 0 Å². The Morgan fingerprint density at radius 1 is 0.968 bits per heavy atom. The lowest BCUT2D eigenvalue weighted by Crippen LogP contribution is -2.67. The van der Waals surface area contributed by atoms with Gasteiger partial charge >= 0.3 is 5.97 Å². The van der Waals surface area contributed by atoms with Crippen LogP contribution in [0, 0.1) is 33.5 Å². The molecule has 0 aliphatic heterocycles. The molecule has 170 valence electrons. The number of aliphatic hydroxyl groups excluding tert-OH is 2. The highest BCUT2D eigenvalue weighted by molar-refractivity contribution is 5.89. The number of rotatable bonds is 2. The maximum atomic E-state index is 13.1. The fourth-order valence-corrected chi connectivity index (χ4v) is 8.85. The number of hydrogen-bond donors (Lipinski definition) is 2. The second kappa shape index (κ2) is 6.81. The van der Waals surface area contributed by atoms with Gasteiger partial charge in [-0.25, -0.2) is 4.79 Å². The first-order valence-electron chi connectivity index (χ1n) is 12.2. The maximum absolute atomic E-state index is 13.1. The lowest BCUT2D eigenvalue weighted by Gasteiger charge is -2.69. The van der Waals surface area contributed by atoms with E-state index in [4.69, 9.17) is 4.74 Å². The molecule has 4 aliphatic rings. The fourth-order valence-electron chi connectivity index (χ4n) is 8.85. The van der Waals surface area contributed by atoms with Crippen LogP contribution >= 0.6 is 0 Å². The molecule has 4 aliphatic carbocycles. The first-order valence-corrected chi connectivity index (χ1v) is 12.2. The van der Waals surface area contributed by atoms with Gasteiger partial charge in [-0.2, -0.15) is 0 Å². The summed E-state index contributed by atoms with van der Waals surface area (Å²) in [5.74, 6) is 0.191. The van der Waals surface area contributed by atoms with Gasteiger partial charge in [-0.15, -0.1) is 0 Å². The summed E-state index contributed by atoms with van der Waals surface area (Å²) in [7, 11) is 0. The molecule has 5 rings (SSSR count). The molecule has 4 saturated carbocycles. The average Bonchev–Trinajstić information content (AvgIpc) is 3.05. The standard InChI is InChI=1S/C27H38O4/c1-24(2)20(28)10-11-26(4)22(24)19(31-23(30)17-8-6-5-7-9-17)14-18-15-21(29)25(3)12-13-27(18,26)16-25/h5-9,18-22,28-29H,10-16H2,1-4H3/t18-,19+,20-,21-,22-,25+,26-,27-/m0/s1. The number of aliphatic hydroxyl groups is 2. The number of hydrogen-bond acceptors (Lipinski definition) is 4. The molecule has 0 aromatic heterocycles. The van der Waals surface area contributed by atoms with Gasteiger partial charge in [-0.1, -0.05) is 45.9 Å². The first-order chi connectivity index (χ1) is 14.5. The van der Waals surface area contributed by atoms with Crippen LogP contribution in [0.15, 0.2) is 30.3 Å². The second-order valence-corrected chi connectivity index (χ2v) is 12.3. The molecule has 0 heterocycles. The van der Waals surface area contributed by atoms with E-state index in [2.05, 4.69) is 27.7 Å². The van der Waals surface area contributed by atoms with Crippen molar-refractivity contribution >= 4 is 5.97 Å². The number of benzene rings is 1. The minimum atomic E-state index is -0.390. The van der Waals surface area contributed by atoms with E-state index >= 15 is 0 Å². The second-order valence-electron chi connectivity index (χ2n) is 12.3. The third kappa shape index (κ3) is 2.83. The topological polar surface area (TPSA) is 66.8 Å². The Bertz CT molecular complexity index is 865. The third-order valence-electron chi connectivity index (χ3n) is 10.5. The van der Waals surface area contributed by atoms with Gasteiger partial charge < -0.3 is 14.9 Å². The Morgan fingerprint density at radius 3 is 2.39 bits per heavy atom. The van der Waals surface area contributed by atoms with Crippen molar-refractivity contribution in [1.29, 1.82) is 0 Å². The van der Waals surface area contributed by atoms with Gasteiger partial charge in [-0.3, -0.25) is 0 Å². The zero-order valence-electron chi connectivity index (χ0n) is 19.4. The molecule has 0 amide bonds. The molecular formula is C27H38O4. The van der Waals surface area contributed by atoms with E-state index < -0.39 is 6.10 Å². The molecule has 0 saturated heterocycles. The van der Waals surface area contributed by atoms with E-state index in [1.54, 1.807) is 12.1 Å². The Balaban J connectivity index is 1.56.